The van der Waals surface area contributed by atoms with Crippen molar-refractivity contribution in [3.63, 3.8) is 0 Å². The third-order valence-corrected chi connectivity index (χ3v) is 6.45. The molecule has 0 saturated carbocycles. The standard InChI is InChI=1S/C26H36N2/c1-3-17-27-23-15-13-19-9-5-7-11-21(19)25(23)26-22-12-8-6-10-20(22)14-16-24(26)28-18-4-2/h13-16,27-28H,3-12,17-18H2,1-2H3. The van der Waals surface area contributed by atoms with Gasteiger partial charge in [0.1, 0.15) is 0 Å². The van der Waals surface area contributed by atoms with Crippen LogP contribution in [-0.4, -0.2) is 13.1 Å². The smallest absolute Gasteiger partial charge is 0.0423 e. The number of benzene rings is 2. The van der Waals surface area contributed by atoms with Gasteiger partial charge in [-0.15, -0.1) is 0 Å². The van der Waals surface area contributed by atoms with E-state index in [1.807, 2.05) is 0 Å². The number of rotatable bonds is 7. The van der Waals surface area contributed by atoms with Gasteiger partial charge in [-0.2, -0.15) is 0 Å². The van der Waals surface area contributed by atoms with E-state index in [0.29, 0.717) is 0 Å². The molecule has 2 N–H and O–H groups in total. The Morgan fingerprint density at radius 2 is 1.04 bits per heavy atom. The second-order valence-corrected chi connectivity index (χ2v) is 8.52. The number of hydrogen-bond donors (Lipinski definition) is 2. The number of hydrogen-bond acceptors (Lipinski definition) is 2. The lowest BCUT2D eigenvalue weighted by molar-refractivity contribution is 0.681. The Morgan fingerprint density at radius 3 is 1.46 bits per heavy atom. The van der Waals surface area contributed by atoms with Crippen LogP contribution in [0.1, 0.15) is 74.6 Å². The quantitative estimate of drug-likeness (QED) is 0.558. The maximum atomic E-state index is 3.77. The first-order valence-electron chi connectivity index (χ1n) is 11.6. The summed E-state index contributed by atoms with van der Waals surface area (Å²) in [5.41, 5.74) is 12.1. The minimum atomic E-state index is 1.04. The minimum Gasteiger partial charge on any atom is -0.385 e. The molecule has 28 heavy (non-hydrogen) atoms. The Bertz CT molecular complexity index is 752. The van der Waals surface area contributed by atoms with Crippen molar-refractivity contribution in [3.05, 3.63) is 46.5 Å². The van der Waals surface area contributed by atoms with Gasteiger partial charge in [0.2, 0.25) is 0 Å². The topological polar surface area (TPSA) is 24.1 Å². The highest BCUT2D eigenvalue weighted by Crippen LogP contribution is 2.45. The van der Waals surface area contributed by atoms with Crippen LogP contribution >= 0.6 is 0 Å². The molecule has 4 rings (SSSR count). The van der Waals surface area contributed by atoms with E-state index in [9.17, 15) is 0 Å². The zero-order valence-corrected chi connectivity index (χ0v) is 17.8. The number of aryl methyl sites for hydroxylation is 2. The molecule has 2 aliphatic rings. The maximum absolute atomic E-state index is 3.77. The monoisotopic (exact) mass is 376 g/mol. The molecule has 0 aliphatic heterocycles. The van der Waals surface area contributed by atoms with Crippen molar-refractivity contribution in [2.75, 3.05) is 23.7 Å². The molecule has 0 amide bonds. The summed E-state index contributed by atoms with van der Waals surface area (Å²) >= 11 is 0. The van der Waals surface area contributed by atoms with Crippen LogP contribution in [0.2, 0.25) is 0 Å². The van der Waals surface area contributed by atoms with E-state index in [4.69, 9.17) is 0 Å². The summed E-state index contributed by atoms with van der Waals surface area (Å²) in [5, 5.41) is 7.55. The molecule has 0 spiro atoms. The van der Waals surface area contributed by atoms with Crippen molar-refractivity contribution in [1.29, 1.82) is 0 Å². The first-order valence-corrected chi connectivity index (χ1v) is 11.6. The van der Waals surface area contributed by atoms with E-state index in [0.717, 1.165) is 25.9 Å². The molecule has 0 fully saturated rings. The van der Waals surface area contributed by atoms with Gasteiger partial charge in [0.15, 0.2) is 0 Å². The molecule has 0 radical (unpaired) electrons. The summed E-state index contributed by atoms with van der Waals surface area (Å²) in [4.78, 5) is 0. The van der Waals surface area contributed by atoms with Crippen LogP contribution in [0.25, 0.3) is 11.1 Å². The molecular formula is C26H36N2. The second-order valence-electron chi connectivity index (χ2n) is 8.52. The van der Waals surface area contributed by atoms with Crippen LogP contribution in [0.5, 0.6) is 0 Å². The molecule has 2 aromatic carbocycles. The molecule has 0 unspecified atom stereocenters. The van der Waals surface area contributed by atoms with Gasteiger partial charge >= 0.3 is 0 Å². The van der Waals surface area contributed by atoms with Gasteiger partial charge in [0, 0.05) is 35.6 Å². The number of fused-ring (bicyclic) bond motifs is 2. The number of nitrogens with one attached hydrogen (secondary N) is 2. The third kappa shape index (κ3) is 3.79. The minimum absolute atomic E-state index is 1.04. The summed E-state index contributed by atoms with van der Waals surface area (Å²) in [6.07, 6.45) is 12.6. The fourth-order valence-corrected chi connectivity index (χ4v) is 5.04. The second kappa shape index (κ2) is 9.03. The first kappa shape index (κ1) is 19.4. The lowest BCUT2D eigenvalue weighted by Gasteiger charge is -2.29. The Labute approximate surface area is 171 Å². The fourth-order valence-electron chi connectivity index (χ4n) is 5.04. The average Bonchev–Trinajstić information content (AvgIpc) is 2.75. The Balaban J connectivity index is 1.93. The van der Waals surface area contributed by atoms with Crippen LogP contribution in [-0.2, 0) is 25.7 Å². The van der Waals surface area contributed by atoms with Gasteiger partial charge in [0.05, 0.1) is 0 Å². The van der Waals surface area contributed by atoms with E-state index in [1.54, 1.807) is 22.3 Å². The molecular weight excluding hydrogens is 340 g/mol. The van der Waals surface area contributed by atoms with Crippen molar-refractivity contribution in [1.82, 2.24) is 0 Å². The lowest BCUT2D eigenvalue weighted by atomic mass is 9.79. The van der Waals surface area contributed by atoms with E-state index in [-0.39, 0.29) is 0 Å². The van der Waals surface area contributed by atoms with Crippen molar-refractivity contribution < 1.29 is 0 Å². The van der Waals surface area contributed by atoms with E-state index in [1.165, 1.54) is 73.9 Å². The third-order valence-electron chi connectivity index (χ3n) is 6.45. The zero-order valence-electron chi connectivity index (χ0n) is 17.8. The molecule has 0 aromatic heterocycles. The highest BCUT2D eigenvalue weighted by Gasteiger charge is 2.24. The van der Waals surface area contributed by atoms with Crippen LogP contribution in [0.3, 0.4) is 0 Å². The van der Waals surface area contributed by atoms with Crippen LogP contribution < -0.4 is 10.6 Å². The van der Waals surface area contributed by atoms with Crippen molar-refractivity contribution in [2.24, 2.45) is 0 Å². The van der Waals surface area contributed by atoms with Gasteiger partial charge in [-0.3, -0.25) is 0 Å². The Kier molecular flexibility index (Phi) is 6.24. The SMILES string of the molecule is CCCNc1ccc2c(c1-c1c(NCCC)ccc3c1CCCC3)CCCC2. The molecule has 2 aromatic rings. The van der Waals surface area contributed by atoms with Crippen molar-refractivity contribution in [2.45, 2.75) is 78.1 Å². The van der Waals surface area contributed by atoms with Crippen LogP contribution in [0.4, 0.5) is 11.4 Å². The Hall–Kier alpha value is -1.96. The van der Waals surface area contributed by atoms with Gasteiger partial charge in [-0.1, -0.05) is 26.0 Å². The van der Waals surface area contributed by atoms with Gasteiger partial charge < -0.3 is 10.6 Å². The maximum Gasteiger partial charge on any atom is 0.0423 e. The predicted molar refractivity (Wildman–Crippen MR) is 123 cm³/mol. The molecule has 150 valence electrons. The molecule has 0 atom stereocenters. The lowest BCUT2D eigenvalue weighted by Crippen LogP contribution is -2.13. The molecule has 0 saturated heterocycles. The molecule has 0 heterocycles. The van der Waals surface area contributed by atoms with E-state index in [2.05, 4.69) is 48.7 Å². The zero-order chi connectivity index (χ0) is 19.3. The van der Waals surface area contributed by atoms with Gasteiger partial charge in [-0.25, -0.2) is 0 Å². The number of anilines is 2. The molecule has 2 heteroatoms. The largest absolute Gasteiger partial charge is 0.385 e. The summed E-state index contributed by atoms with van der Waals surface area (Å²) in [6.45, 7) is 6.59. The van der Waals surface area contributed by atoms with E-state index >= 15 is 0 Å². The molecule has 2 aliphatic carbocycles. The van der Waals surface area contributed by atoms with Crippen molar-refractivity contribution >= 4 is 11.4 Å². The molecule has 0 bridgehead atoms. The summed E-state index contributed by atoms with van der Waals surface area (Å²) in [6, 6.07) is 9.51. The van der Waals surface area contributed by atoms with Crippen molar-refractivity contribution in [3.8, 4) is 11.1 Å². The normalized spacial score (nSPS) is 15.6. The van der Waals surface area contributed by atoms with Crippen LogP contribution in [0, 0.1) is 0 Å². The Morgan fingerprint density at radius 1 is 0.607 bits per heavy atom. The van der Waals surface area contributed by atoms with Gasteiger partial charge in [-0.05, 0) is 98.6 Å². The van der Waals surface area contributed by atoms with Gasteiger partial charge in [0.25, 0.3) is 0 Å². The summed E-state index contributed by atoms with van der Waals surface area (Å²) in [7, 11) is 0. The first-order chi connectivity index (χ1) is 13.8. The highest BCUT2D eigenvalue weighted by atomic mass is 14.9. The van der Waals surface area contributed by atoms with E-state index < -0.39 is 0 Å². The summed E-state index contributed by atoms with van der Waals surface area (Å²) in [5.74, 6) is 0. The predicted octanol–water partition coefficient (Wildman–Crippen LogP) is 6.76. The average molecular weight is 377 g/mol. The summed E-state index contributed by atoms with van der Waals surface area (Å²) < 4.78 is 0. The fraction of sp³-hybridized carbons (Fsp3) is 0.538. The molecule has 2 nitrogen and oxygen atoms in total. The van der Waals surface area contributed by atoms with Crippen LogP contribution in [0.15, 0.2) is 24.3 Å². The highest BCUT2D eigenvalue weighted by molar-refractivity contribution is 5.92.